The summed E-state index contributed by atoms with van der Waals surface area (Å²) in [4.78, 5) is 2.20. The lowest BCUT2D eigenvalue weighted by atomic mass is 9.88. The minimum absolute atomic E-state index is 0.0347. The molecule has 2 rings (SSSR count). The molecule has 0 aliphatic carbocycles. The molecular formula is C14H17ClN2O. The zero-order chi connectivity index (χ0) is 13.5. The quantitative estimate of drug-likeness (QED) is 0.476. The number of nitrogens with zero attached hydrogens (tertiary/aromatic N) is 2. The third-order valence-electron chi connectivity index (χ3n) is 3.53. The molecule has 1 aromatic rings. The largest absolute Gasteiger partial charge is 0.411 e. The summed E-state index contributed by atoms with van der Waals surface area (Å²) in [5, 5.41) is 12.3. The number of benzene rings is 1. The SMILES string of the molecule is CC1=CC(C)(C)N(C)c2cc(Cl)c(C=NO)cc21. The first-order valence-electron chi connectivity index (χ1n) is 5.81. The van der Waals surface area contributed by atoms with Crippen LogP contribution in [-0.2, 0) is 0 Å². The summed E-state index contributed by atoms with van der Waals surface area (Å²) in [6.07, 6.45) is 3.58. The summed E-state index contributed by atoms with van der Waals surface area (Å²) < 4.78 is 0. The van der Waals surface area contributed by atoms with Gasteiger partial charge in [0.25, 0.3) is 0 Å². The second-order valence-corrected chi connectivity index (χ2v) is 5.58. The minimum atomic E-state index is -0.0347. The van der Waals surface area contributed by atoms with E-state index in [9.17, 15) is 0 Å². The molecule has 0 aromatic heterocycles. The lowest BCUT2D eigenvalue weighted by molar-refractivity contribution is 0.322. The second-order valence-electron chi connectivity index (χ2n) is 5.18. The lowest BCUT2D eigenvalue weighted by Gasteiger charge is -2.40. The fourth-order valence-electron chi connectivity index (χ4n) is 2.35. The van der Waals surface area contributed by atoms with Gasteiger partial charge in [-0.25, -0.2) is 0 Å². The maximum absolute atomic E-state index is 8.63. The van der Waals surface area contributed by atoms with E-state index in [-0.39, 0.29) is 5.54 Å². The zero-order valence-corrected chi connectivity index (χ0v) is 11.8. The van der Waals surface area contributed by atoms with Gasteiger partial charge in [0, 0.05) is 23.9 Å². The van der Waals surface area contributed by atoms with Gasteiger partial charge in [-0.1, -0.05) is 22.8 Å². The van der Waals surface area contributed by atoms with Gasteiger partial charge < -0.3 is 10.1 Å². The topological polar surface area (TPSA) is 35.8 Å². The Morgan fingerprint density at radius 2 is 2.06 bits per heavy atom. The Labute approximate surface area is 112 Å². The van der Waals surface area contributed by atoms with Crippen molar-refractivity contribution in [3.05, 3.63) is 34.4 Å². The van der Waals surface area contributed by atoms with Crippen LogP contribution in [0.3, 0.4) is 0 Å². The fourth-order valence-corrected chi connectivity index (χ4v) is 2.56. The van der Waals surface area contributed by atoms with Crippen molar-refractivity contribution in [1.82, 2.24) is 0 Å². The molecule has 0 saturated carbocycles. The summed E-state index contributed by atoms with van der Waals surface area (Å²) >= 11 is 6.20. The van der Waals surface area contributed by atoms with E-state index >= 15 is 0 Å². The molecule has 0 fully saturated rings. The summed E-state index contributed by atoms with van der Waals surface area (Å²) in [5.74, 6) is 0. The van der Waals surface area contributed by atoms with Crippen LogP contribution in [0.15, 0.2) is 23.4 Å². The van der Waals surface area contributed by atoms with Crippen LogP contribution in [0, 0.1) is 0 Å². The maximum Gasteiger partial charge on any atom is 0.0749 e. The molecule has 96 valence electrons. The first-order chi connectivity index (χ1) is 8.36. The molecule has 1 N–H and O–H groups in total. The van der Waals surface area contributed by atoms with Gasteiger partial charge in [0.2, 0.25) is 0 Å². The van der Waals surface area contributed by atoms with Crippen LogP contribution in [0.25, 0.3) is 5.57 Å². The molecule has 0 radical (unpaired) electrons. The van der Waals surface area contributed by atoms with Crippen LogP contribution in [0.5, 0.6) is 0 Å². The molecule has 4 heteroatoms. The molecule has 1 aromatic carbocycles. The highest BCUT2D eigenvalue weighted by Crippen LogP contribution is 2.40. The van der Waals surface area contributed by atoms with Crippen molar-refractivity contribution in [1.29, 1.82) is 0 Å². The molecular weight excluding hydrogens is 248 g/mol. The smallest absolute Gasteiger partial charge is 0.0749 e. The number of rotatable bonds is 1. The Bertz CT molecular complexity index is 547. The van der Waals surface area contributed by atoms with E-state index in [2.05, 4.69) is 44.0 Å². The van der Waals surface area contributed by atoms with Crippen LogP contribution in [0.4, 0.5) is 5.69 Å². The van der Waals surface area contributed by atoms with Gasteiger partial charge >= 0.3 is 0 Å². The number of likely N-dealkylation sites (N-methyl/N-ethyl adjacent to an activating group) is 1. The molecule has 0 spiro atoms. The Morgan fingerprint density at radius 3 is 2.67 bits per heavy atom. The summed E-state index contributed by atoms with van der Waals surface area (Å²) in [6, 6.07) is 3.88. The van der Waals surface area contributed by atoms with E-state index in [1.807, 2.05) is 12.1 Å². The van der Waals surface area contributed by atoms with Crippen molar-refractivity contribution in [2.75, 3.05) is 11.9 Å². The van der Waals surface area contributed by atoms with E-state index in [4.69, 9.17) is 16.8 Å². The molecule has 1 aliphatic rings. The highest BCUT2D eigenvalue weighted by Gasteiger charge is 2.28. The third kappa shape index (κ3) is 1.99. The van der Waals surface area contributed by atoms with E-state index in [1.54, 1.807) is 0 Å². The number of allylic oxidation sites excluding steroid dienone is 1. The Morgan fingerprint density at radius 1 is 1.39 bits per heavy atom. The Hall–Kier alpha value is -1.48. The number of fused-ring (bicyclic) bond motifs is 1. The molecule has 0 atom stereocenters. The summed E-state index contributed by atoms with van der Waals surface area (Å²) in [6.45, 7) is 6.41. The van der Waals surface area contributed by atoms with Crippen molar-refractivity contribution < 1.29 is 5.21 Å². The third-order valence-corrected chi connectivity index (χ3v) is 3.86. The Balaban J connectivity index is 2.66. The van der Waals surface area contributed by atoms with Crippen molar-refractivity contribution >= 4 is 29.1 Å². The lowest BCUT2D eigenvalue weighted by Crippen LogP contribution is -2.42. The summed E-state index contributed by atoms with van der Waals surface area (Å²) in [5.41, 5.74) is 4.11. The molecule has 18 heavy (non-hydrogen) atoms. The number of hydrogen-bond donors (Lipinski definition) is 1. The van der Waals surface area contributed by atoms with Gasteiger partial charge in [0.05, 0.1) is 16.8 Å². The molecule has 0 bridgehead atoms. The van der Waals surface area contributed by atoms with Gasteiger partial charge in [0.15, 0.2) is 0 Å². The van der Waals surface area contributed by atoms with Gasteiger partial charge in [0.1, 0.15) is 0 Å². The molecule has 0 amide bonds. The van der Waals surface area contributed by atoms with E-state index in [1.165, 1.54) is 11.8 Å². The zero-order valence-electron chi connectivity index (χ0n) is 11.0. The normalized spacial score (nSPS) is 17.8. The minimum Gasteiger partial charge on any atom is -0.411 e. The second kappa shape index (κ2) is 4.32. The van der Waals surface area contributed by atoms with E-state index in [0.29, 0.717) is 5.02 Å². The first-order valence-corrected chi connectivity index (χ1v) is 6.19. The monoisotopic (exact) mass is 264 g/mol. The molecule has 1 aliphatic heterocycles. The van der Waals surface area contributed by atoms with Gasteiger partial charge in [-0.05, 0) is 38.5 Å². The van der Waals surface area contributed by atoms with E-state index < -0.39 is 0 Å². The molecule has 3 nitrogen and oxygen atoms in total. The van der Waals surface area contributed by atoms with Crippen molar-refractivity contribution in [3.8, 4) is 0 Å². The van der Waals surface area contributed by atoms with Crippen molar-refractivity contribution in [3.63, 3.8) is 0 Å². The molecule has 0 saturated heterocycles. The molecule has 1 heterocycles. The Kier molecular flexibility index (Phi) is 3.11. The first kappa shape index (κ1) is 13.0. The maximum atomic E-state index is 8.63. The number of hydrogen-bond acceptors (Lipinski definition) is 3. The fraction of sp³-hybridized carbons (Fsp3) is 0.357. The average molecular weight is 265 g/mol. The van der Waals surface area contributed by atoms with Crippen LogP contribution in [-0.4, -0.2) is 24.0 Å². The number of anilines is 1. The van der Waals surface area contributed by atoms with Crippen LogP contribution in [0.2, 0.25) is 5.02 Å². The van der Waals surface area contributed by atoms with E-state index in [0.717, 1.165) is 16.8 Å². The number of halogens is 1. The highest BCUT2D eigenvalue weighted by atomic mass is 35.5. The van der Waals surface area contributed by atoms with Gasteiger partial charge in [-0.2, -0.15) is 0 Å². The van der Waals surface area contributed by atoms with Crippen molar-refractivity contribution in [2.24, 2.45) is 5.16 Å². The van der Waals surface area contributed by atoms with Gasteiger partial charge in [-0.15, -0.1) is 0 Å². The summed E-state index contributed by atoms with van der Waals surface area (Å²) in [7, 11) is 2.05. The van der Waals surface area contributed by atoms with Crippen molar-refractivity contribution in [2.45, 2.75) is 26.3 Å². The predicted molar refractivity (Wildman–Crippen MR) is 77.0 cm³/mol. The standard InChI is InChI=1S/C14H17ClN2O/c1-9-7-14(2,3)17(4)13-6-12(15)10(8-16-18)5-11(9)13/h5-8,18H,1-4H3. The average Bonchev–Trinajstić information content (AvgIpc) is 2.28. The number of oxime groups is 1. The predicted octanol–water partition coefficient (Wildman–Crippen LogP) is 3.78. The molecule has 0 unspecified atom stereocenters. The van der Waals surface area contributed by atoms with Crippen LogP contribution < -0.4 is 4.90 Å². The van der Waals surface area contributed by atoms with Crippen LogP contribution in [0.1, 0.15) is 31.9 Å². The van der Waals surface area contributed by atoms with Crippen LogP contribution >= 0.6 is 11.6 Å². The van der Waals surface area contributed by atoms with Gasteiger partial charge in [-0.3, -0.25) is 0 Å². The highest BCUT2D eigenvalue weighted by molar-refractivity contribution is 6.33.